The summed E-state index contributed by atoms with van der Waals surface area (Å²) < 4.78 is 7.31. The molecule has 1 N–H and O–H groups in total. The van der Waals surface area contributed by atoms with Crippen LogP contribution in [0.25, 0.3) is 22.7 Å². The lowest BCUT2D eigenvalue weighted by molar-refractivity contribution is 0.165. The Morgan fingerprint density at radius 1 is 1.09 bits per heavy atom. The first-order valence-corrected chi connectivity index (χ1v) is 12.7. The lowest BCUT2D eigenvalue weighted by Crippen LogP contribution is -2.48. The number of H-pyrrole nitrogens is 1. The molecule has 0 radical (unpaired) electrons. The van der Waals surface area contributed by atoms with Crippen molar-refractivity contribution in [3.8, 4) is 5.75 Å². The number of pyridine rings is 1. The molecule has 0 amide bonds. The van der Waals surface area contributed by atoms with Gasteiger partial charge in [-0.1, -0.05) is 19.1 Å². The third-order valence-electron chi connectivity index (χ3n) is 6.60. The molecule has 3 aromatic rings. The van der Waals surface area contributed by atoms with E-state index in [9.17, 15) is 4.79 Å². The number of unbranched alkanes of at least 4 members (excludes halogenated alkanes) is 1. The molecule has 1 atom stereocenters. The first-order valence-electron chi connectivity index (χ1n) is 11.9. The molecular formula is C27H31N3O2S. The highest BCUT2D eigenvalue weighted by Crippen LogP contribution is 2.21. The number of hydrogen-bond acceptors (Lipinski definition) is 5. The van der Waals surface area contributed by atoms with Crippen LogP contribution >= 0.6 is 11.3 Å². The monoisotopic (exact) mass is 461 g/mol. The van der Waals surface area contributed by atoms with E-state index in [1.807, 2.05) is 35.6 Å². The SMILES string of the molecule is CC1C=CC=c2sccc2=C1N1CCN(CCCCOc2ccc3ccc(=O)[nH]c3c2)CC1. The van der Waals surface area contributed by atoms with Crippen molar-refractivity contribution in [2.24, 2.45) is 5.92 Å². The zero-order valence-corrected chi connectivity index (χ0v) is 19.9. The lowest BCUT2D eigenvalue weighted by atomic mass is 10.0. The van der Waals surface area contributed by atoms with E-state index in [1.54, 1.807) is 6.07 Å². The summed E-state index contributed by atoms with van der Waals surface area (Å²) in [5.74, 6) is 1.26. The van der Waals surface area contributed by atoms with E-state index >= 15 is 0 Å². The topological polar surface area (TPSA) is 48.6 Å². The minimum absolute atomic E-state index is 0.0859. The number of nitrogens with zero attached hydrogens (tertiary/aromatic N) is 2. The van der Waals surface area contributed by atoms with Crippen molar-refractivity contribution in [2.75, 3.05) is 39.3 Å². The van der Waals surface area contributed by atoms with Gasteiger partial charge in [-0.25, -0.2) is 0 Å². The minimum atomic E-state index is -0.0859. The van der Waals surface area contributed by atoms with Crippen LogP contribution in [0.1, 0.15) is 19.8 Å². The second-order valence-electron chi connectivity index (χ2n) is 8.88. The summed E-state index contributed by atoms with van der Waals surface area (Å²) >= 11 is 1.83. The van der Waals surface area contributed by atoms with Gasteiger partial charge in [0, 0.05) is 59.7 Å². The summed E-state index contributed by atoms with van der Waals surface area (Å²) in [6.07, 6.45) is 8.93. The van der Waals surface area contributed by atoms with Gasteiger partial charge in [-0.05, 0) is 60.5 Å². The molecule has 1 fully saturated rings. The van der Waals surface area contributed by atoms with Crippen LogP contribution < -0.4 is 20.0 Å². The maximum absolute atomic E-state index is 11.5. The summed E-state index contributed by atoms with van der Waals surface area (Å²) in [6.45, 7) is 8.53. The first-order chi connectivity index (χ1) is 16.2. The molecule has 2 aliphatic rings. The standard InChI is InChI=1S/C27H31N3O2S/c1-20-5-4-6-25-23(11-18-33-25)27(20)30-15-13-29(14-16-30)12-2-3-17-32-22-9-7-21-8-10-26(31)28-24(21)19-22/h4-11,18-20H,2-3,12-17H2,1H3,(H,28,31). The molecule has 1 unspecified atom stereocenters. The Kier molecular flexibility index (Phi) is 6.65. The van der Waals surface area contributed by atoms with Gasteiger partial charge in [0.25, 0.3) is 0 Å². The number of piperazine rings is 1. The number of rotatable bonds is 7. The maximum atomic E-state index is 11.5. The highest BCUT2D eigenvalue weighted by Gasteiger charge is 2.22. The predicted molar refractivity (Wildman–Crippen MR) is 137 cm³/mol. The largest absolute Gasteiger partial charge is 0.494 e. The summed E-state index contributed by atoms with van der Waals surface area (Å²) in [4.78, 5) is 19.6. The van der Waals surface area contributed by atoms with Crippen LogP contribution in [-0.4, -0.2) is 54.1 Å². The molecule has 0 saturated carbocycles. The second-order valence-corrected chi connectivity index (χ2v) is 9.83. The number of hydrogen-bond donors (Lipinski definition) is 1. The second kappa shape index (κ2) is 9.98. The zero-order valence-electron chi connectivity index (χ0n) is 19.1. The van der Waals surface area contributed by atoms with E-state index in [0.717, 1.165) is 62.2 Å². The minimum Gasteiger partial charge on any atom is -0.494 e. The number of aromatic nitrogens is 1. The number of ether oxygens (including phenoxy) is 1. The van der Waals surface area contributed by atoms with Crippen LogP contribution in [0.5, 0.6) is 5.75 Å². The van der Waals surface area contributed by atoms with Crippen LogP contribution in [-0.2, 0) is 0 Å². The van der Waals surface area contributed by atoms with Gasteiger partial charge < -0.3 is 14.6 Å². The summed E-state index contributed by atoms with van der Waals surface area (Å²) in [5, 5.41) is 4.64. The number of allylic oxidation sites excluding steroid dienone is 1. The molecule has 1 aliphatic carbocycles. The molecule has 1 aliphatic heterocycles. The molecule has 5 rings (SSSR count). The summed E-state index contributed by atoms with van der Waals surface area (Å²) in [7, 11) is 0. The fraction of sp³-hybridized carbons (Fsp3) is 0.370. The third-order valence-corrected chi connectivity index (χ3v) is 7.48. The lowest BCUT2D eigenvalue weighted by Gasteiger charge is -2.38. The van der Waals surface area contributed by atoms with E-state index < -0.39 is 0 Å². The van der Waals surface area contributed by atoms with Gasteiger partial charge in [-0.3, -0.25) is 9.69 Å². The Balaban J connectivity index is 1.08. The van der Waals surface area contributed by atoms with Crippen molar-refractivity contribution in [1.29, 1.82) is 0 Å². The molecule has 1 saturated heterocycles. The Hall–Kier alpha value is -2.83. The van der Waals surface area contributed by atoms with Gasteiger partial charge in [0.1, 0.15) is 5.75 Å². The first kappa shape index (κ1) is 22.0. The fourth-order valence-corrected chi connectivity index (χ4v) is 5.63. The van der Waals surface area contributed by atoms with Gasteiger partial charge in [-0.15, -0.1) is 11.3 Å². The molecular weight excluding hydrogens is 430 g/mol. The number of aromatic amines is 1. The van der Waals surface area contributed by atoms with Crippen molar-refractivity contribution in [3.63, 3.8) is 0 Å². The Labute approximate surface area is 198 Å². The van der Waals surface area contributed by atoms with Gasteiger partial charge in [-0.2, -0.15) is 0 Å². The van der Waals surface area contributed by atoms with Crippen molar-refractivity contribution >= 4 is 34.0 Å². The Bertz CT molecular complexity index is 1310. The highest BCUT2D eigenvalue weighted by atomic mass is 32.1. The van der Waals surface area contributed by atoms with E-state index in [0.29, 0.717) is 12.5 Å². The van der Waals surface area contributed by atoms with Crippen LogP contribution in [0.15, 0.2) is 58.7 Å². The molecule has 33 heavy (non-hydrogen) atoms. The van der Waals surface area contributed by atoms with E-state index in [-0.39, 0.29) is 5.56 Å². The van der Waals surface area contributed by atoms with Gasteiger partial charge in [0.05, 0.1) is 12.1 Å². The maximum Gasteiger partial charge on any atom is 0.248 e. The predicted octanol–water partition coefficient (Wildman–Crippen LogP) is 3.16. The van der Waals surface area contributed by atoms with Gasteiger partial charge in [0.2, 0.25) is 5.56 Å². The van der Waals surface area contributed by atoms with Crippen LogP contribution in [0, 0.1) is 5.92 Å². The van der Waals surface area contributed by atoms with E-state index in [1.165, 1.54) is 15.4 Å². The molecule has 0 spiro atoms. The van der Waals surface area contributed by atoms with Crippen LogP contribution in [0.3, 0.4) is 0 Å². The highest BCUT2D eigenvalue weighted by molar-refractivity contribution is 7.07. The quantitative estimate of drug-likeness (QED) is 0.549. The van der Waals surface area contributed by atoms with Gasteiger partial charge in [0.15, 0.2) is 0 Å². The molecule has 1 aromatic carbocycles. The number of nitrogens with one attached hydrogen (secondary N) is 1. The number of fused-ring (bicyclic) bond motifs is 2. The average Bonchev–Trinajstić information content (AvgIpc) is 3.21. The normalized spacial score (nSPS) is 18.8. The Morgan fingerprint density at radius 2 is 1.94 bits per heavy atom. The van der Waals surface area contributed by atoms with Crippen molar-refractivity contribution < 1.29 is 4.74 Å². The number of thiophene rings is 1. The van der Waals surface area contributed by atoms with Gasteiger partial charge >= 0.3 is 0 Å². The van der Waals surface area contributed by atoms with E-state index in [4.69, 9.17) is 4.74 Å². The third kappa shape index (κ3) is 5.07. The molecule has 3 heterocycles. The van der Waals surface area contributed by atoms with Crippen LogP contribution in [0.4, 0.5) is 0 Å². The average molecular weight is 462 g/mol. The zero-order chi connectivity index (χ0) is 22.6. The fourth-order valence-electron chi connectivity index (χ4n) is 4.82. The van der Waals surface area contributed by atoms with E-state index in [2.05, 4.69) is 51.4 Å². The summed E-state index contributed by atoms with van der Waals surface area (Å²) in [5.41, 5.74) is 2.22. The molecule has 5 nitrogen and oxygen atoms in total. The van der Waals surface area contributed by atoms with Crippen molar-refractivity contribution in [1.82, 2.24) is 14.8 Å². The molecule has 0 bridgehead atoms. The van der Waals surface area contributed by atoms with Crippen molar-refractivity contribution in [2.45, 2.75) is 19.8 Å². The summed E-state index contributed by atoms with van der Waals surface area (Å²) in [6, 6.07) is 11.5. The smallest absolute Gasteiger partial charge is 0.248 e. The van der Waals surface area contributed by atoms with Crippen LogP contribution in [0.2, 0.25) is 0 Å². The molecule has 6 heteroatoms. The molecule has 2 aromatic heterocycles. The number of benzene rings is 1. The molecule has 172 valence electrons. The Morgan fingerprint density at radius 3 is 2.82 bits per heavy atom. The van der Waals surface area contributed by atoms with Crippen molar-refractivity contribution in [3.05, 3.63) is 74.0 Å².